The van der Waals surface area contributed by atoms with Crippen molar-refractivity contribution < 1.29 is 33.9 Å². The Hall–Kier alpha value is -2.79. The quantitative estimate of drug-likeness (QED) is 0.429. The molecule has 1 aromatic carbocycles. The molecule has 6 N–H and O–H groups in total. The molecule has 0 bridgehead atoms. The average Bonchev–Trinajstić information content (AvgIpc) is 2.60. The van der Waals surface area contributed by atoms with E-state index in [1.807, 2.05) is 0 Å². The van der Waals surface area contributed by atoms with Gasteiger partial charge in [-0.25, -0.2) is 4.79 Å². The van der Waals surface area contributed by atoms with E-state index in [4.69, 9.17) is 20.9 Å². The van der Waals surface area contributed by atoms with Gasteiger partial charge in [0.1, 0.15) is 23.2 Å². The first-order valence-corrected chi connectivity index (χ1v) is 8.99. The molecule has 1 fully saturated rings. The molecule has 0 saturated carbocycles. The van der Waals surface area contributed by atoms with Crippen LogP contribution in [0.4, 0.5) is 0 Å². The molecule has 28 heavy (non-hydrogen) atoms. The summed E-state index contributed by atoms with van der Waals surface area (Å²) < 4.78 is 11.1. The lowest BCUT2D eigenvalue weighted by Gasteiger charge is -2.40. The van der Waals surface area contributed by atoms with Crippen molar-refractivity contribution in [3.8, 4) is 11.5 Å². The van der Waals surface area contributed by atoms with Gasteiger partial charge in [-0.2, -0.15) is 0 Å². The van der Waals surface area contributed by atoms with Crippen molar-refractivity contribution in [1.82, 2.24) is 4.90 Å². The molecule has 11 heteroatoms. The Bertz CT molecular complexity index is 797. The van der Waals surface area contributed by atoms with Gasteiger partial charge < -0.3 is 35.9 Å². The predicted octanol–water partition coefficient (Wildman–Crippen LogP) is -1.02. The van der Waals surface area contributed by atoms with Crippen LogP contribution in [-0.2, 0) is 16.0 Å². The van der Waals surface area contributed by atoms with E-state index in [2.05, 4.69) is 0 Å². The first-order chi connectivity index (χ1) is 13.3. The van der Waals surface area contributed by atoms with Crippen molar-refractivity contribution in [2.45, 2.75) is 37.7 Å². The standard InChI is InChI=1S/C17H22BN3O7/c19-11(2-4-13(20)22)16(23)21-7-10(8-21)27-12-3-1-9-5-6-18(26)28-15(9)14(12)17(24)25/h1,3,10-11,26H,2,4-8,19H2,(H2,20,22)(H,24,25)/t11-/m1/s1. The van der Waals surface area contributed by atoms with Crippen LogP contribution < -0.4 is 20.9 Å². The average molecular weight is 391 g/mol. The molecule has 1 aromatic rings. The Kier molecular flexibility index (Phi) is 5.75. The fourth-order valence-electron chi connectivity index (χ4n) is 3.24. The summed E-state index contributed by atoms with van der Waals surface area (Å²) >= 11 is 0. The van der Waals surface area contributed by atoms with Gasteiger partial charge in [-0.3, -0.25) is 9.59 Å². The summed E-state index contributed by atoms with van der Waals surface area (Å²) in [5.74, 6) is -1.81. The molecule has 0 aliphatic carbocycles. The maximum atomic E-state index is 12.2. The second-order valence-electron chi connectivity index (χ2n) is 6.94. The van der Waals surface area contributed by atoms with E-state index >= 15 is 0 Å². The maximum absolute atomic E-state index is 12.2. The molecule has 2 amide bonds. The molecule has 2 heterocycles. The van der Waals surface area contributed by atoms with E-state index in [0.29, 0.717) is 18.3 Å². The molecular formula is C17H22BN3O7. The lowest BCUT2D eigenvalue weighted by atomic mass is 9.78. The SMILES string of the molecule is NC(=O)CC[C@@H](N)C(=O)N1CC(Oc2ccc3c(c2C(=O)O)OB(O)CC3)C1. The third kappa shape index (κ3) is 4.20. The van der Waals surface area contributed by atoms with Crippen LogP contribution in [0.3, 0.4) is 0 Å². The number of fused-ring (bicyclic) bond motifs is 1. The number of likely N-dealkylation sites (tertiary alicyclic amines) is 1. The number of carboxylic acid groups (broad SMARTS) is 1. The fourth-order valence-corrected chi connectivity index (χ4v) is 3.24. The number of carbonyl (C=O) groups is 3. The number of aromatic carboxylic acids is 1. The van der Waals surface area contributed by atoms with E-state index in [1.165, 1.54) is 4.90 Å². The summed E-state index contributed by atoms with van der Waals surface area (Å²) in [6.45, 7) is 0.505. The number of hydrogen-bond acceptors (Lipinski definition) is 7. The molecule has 0 radical (unpaired) electrons. The number of benzene rings is 1. The predicted molar refractivity (Wildman–Crippen MR) is 97.9 cm³/mol. The van der Waals surface area contributed by atoms with Crippen LogP contribution >= 0.6 is 0 Å². The van der Waals surface area contributed by atoms with E-state index < -0.39 is 31.1 Å². The summed E-state index contributed by atoms with van der Waals surface area (Å²) in [6, 6.07) is 2.46. The van der Waals surface area contributed by atoms with Gasteiger partial charge in [-0.1, -0.05) is 6.07 Å². The largest absolute Gasteiger partial charge is 0.535 e. The highest BCUT2D eigenvalue weighted by Crippen LogP contribution is 2.37. The zero-order valence-electron chi connectivity index (χ0n) is 15.2. The third-order valence-corrected chi connectivity index (χ3v) is 4.80. The van der Waals surface area contributed by atoms with Crippen molar-refractivity contribution in [3.05, 3.63) is 23.3 Å². The number of rotatable bonds is 7. The minimum Gasteiger partial charge on any atom is -0.535 e. The number of primary amides is 1. The van der Waals surface area contributed by atoms with Crippen molar-refractivity contribution in [2.24, 2.45) is 11.5 Å². The lowest BCUT2D eigenvalue weighted by molar-refractivity contribution is -0.141. The zero-order valence-corrected chi connectivity index (χ0v) is 15.2. The van der Waals surface area contributed by atoms with Gasteiger partial charge in [0, 0.05) is 6.42 Å². The first-order valence-electron chi connectivity index (χ1n) is 8.99. The molecule has 1 atom stereocenters. The van der Waals surface area contributed by atoms with Gasteiger partial charge in [-0.15, -0.1) is 0 Å². The van der Waals surface area contributed by atoms with Crippen LogP contribution in [0.15, 0.2) is 12.1 Å². The highest BCUT2D eigenvalue weighted by Gasteiger charge is 2.36. The van der Waals surface area contributed by atoms with Crippen LogP contribution in [-0.4, -0.2) is 65.2 Å². The van der Waals surface area contributed by atoms with Gasteiger partial charge in [0.15, 0.2) is 0 Å². The number of ether oxygens (including phenoxy) is 1. The Labute approximate surface area is 161 Å². The van der Waals surface area contributed by atoms with Crippen LogP contribution in [0, 0.1) is 0 Å². The van der Waals surface area contributed by atoms with Gasteiger partial charge in [0.25, 0.3) is 0 Å². The second kappa shape index (κ2) is 8.07. The number of hydrogen-bond donors (Lipinski definition) is 4. The smallest absolute Gasteiger partial charge is 0.522 e. The molecule has 3 rings (SSSR count). The monoisotopic (exact) mass is 391 g/mol. The van der Waals surface area contributed by atoms with Gasteiger partial charge in [0.05, 0.1) is 19.1 Å². The highest BCUT2D eigenvalue weighted by atomic mass is 16.5. The number of carboxylic acids is 1. The zero-order chi connectivity index (χ0) is 20.4. The van der Waals surface area contributed by atoms with Gasteiger partial charge >= 0.3 is 13.1 Å². The summed E-state index contributed by atoms with van der Waals surface area (Å²) in [4.78, 5) is 36.2. The number of nitrogens with two attached hydrogens (primary N) is 2. The van der Waals surface area contributed by atoms with Crippen LogP contribution in [0.2, 0.25) is 6.32 Å². The highest BCUT2D eigenvalue weighted by molar-refractivity contribution is 6.44. The van der Waals surface area contributed by atoms with Gasteiger partial charge in [-0.05, 0) is 30.8 Å². The maximum Gasteiger partial charge on any atom is 0.522 e. The van der Waals surface area contributed by atoms with Crippen molar-refractivity contribution in [3.63, 3.8) is 0 Å². The number of aryl methyl sites for hydroxylation is 1. The molecule has 0 aromatic heterocycles. The molecule has 2 aliphatic rings. The molecule has 0 unspecified atom stereocenters. The van der Waals surface area contributed by atoms with E-state index in [0.717, 1.165) is 0 Å². The first kappa shape index (κ1) is 20.0. The lowest BCUT2D eigenvalue weighted by Crippen LogP contribution is -2.60. The molecule has 2 aliphatic heterocycles. The molecule has 0 spiro atoms. The Balaban J connectivity index is 1.63. The summed E-state index contributed by atoms with van der Waals surface area (Å²) in [5.41, 5.74) is 11.4. The minimum absolute atomic E-state index is 0.0314. The number of nitrogens with zero attached hydrogens (tertiary/aromatic N) is 1. The van der Waals surface area contributed by atoms with E-state index in [9.17, 15) is 24.5 Å². The number of carbonyl (C=O) groups excluding carboxylic acids is 2. The Morgan fingerprint density at radius 2 is 2.07 bits per heavy atom. The third-order valence-electron chi connectivity index (χ3n) is 4.80. The number of amides is 2. The van der Waals surface area contributed by atoms with E-state index in [1.54, 1.807) is 12.1 Å². The fraction of sp³-hybridized carbons (Fsp3) is 0.471. The minimum atomic E-state index is -1.22. The van der Waals surface area contributed by atoms with Crippen molar-refractivity contribution in [1.29, 1.82) is 0 Å². The molecule has 1 saturated heterocycles. The van der Waals surface area contributed by atoms with Gasteiger partial charge in [0.2, 0.25) is 11.8 Å². The van der Waals surface area contributed by atoms with Crippen molar-refractivity contribution >= 4 is 24.9 Å². The normalized spacial score (nSPS) is 17.2. The molecule has 150 valence electrons. The molecular weight excluding hydrogens is 369 g/mol. The summed E-state index contributed by atoms with van der Waals surface area (Å²) in [7, 11) is -1.06. The summed E-state index contributed by atoms with van der Waals surface area (Å²) in [5, 5.41) is 19.2. The van der Waals surface area contributed by atoms with Crippen molar-refractivity contribution in [2.75, 3.05) is 13.1 Å². The van der Waals surface area contributed by atoms with Crippen LogP contribution in [0.5, 0.6) is 11.5 Å². The summed E-state index contributed by atoms with van der Waals surface area (Å²) in [6.07, 6.45) is 0.707. The molecule has 10 nitrogen and oxygen atoms in total. The second-order valence-corrected chi connectivity index (χ2v) is 6.94. The topological polar surface area (TPSA) is 165 Å². The van der Waals surface area contributed by atoms with Crippen LogP contribution in [0.25, 0.3) is 0 Å². The Morgan fingerprint density at radius 1 is 1.36 bits per heavy atom. The van der Waals surface area contributed by atoms with Crippen LogP contribution in [0.1, 0.15) is 28.8 Å². The Morgan fingerprint density at radius 3 is 2.71 bits per heavy atom. The van der Waals surface area contributed by atoms with E-state index in [-0.39, 0.29) is 48.9 Å².